The lowest BCUT2D eigenvalue weighted by atomic mass is 9.96. The van der Waals surface area contributed by atoms with Gasteiger partial charge in [-0.1, -0.05) is 78.9 Å². The van der Waals surface area contributed by atoms with Crippen molar-refractivity contribution in [3.8, 4) is 5.88 Å². The molecule has 0 bridgehead atoms. The van der Waals surface area contributed by atoms with Crippen molar-refractivity contribution in [2.75, 3.05) is 0 Å². The molecule has 2 N–H and O–H groups in total. The molecule has 0 radical (unpaired) electrons. The molecule has 0 atom stereocenters. The fraction of sp³-hybridized carbons (Fsp3) is 0.0385. The molecule has 0 aliphatic carbocycles. The molecule has 1 aliphatic rings. The van der Waals surface area contributed by atoms with Crippen LogP contribution in [0.5, 0.6) is 5.88 Å². The quantitative estimate of drug-likeness (QED) is 0.424. The van der Waals surface area contributed by atoms with Crippen LogP contribution in [0.25, 0.3) is 11.6 Å². The van der Waals surface area contributed by atoms with Gasteiger partial charge < -0.3 is 5.11 Å². The maximum absolute atomic E-state index is 12.8. The molecular formula is C26H19N3O2S. The summed E-state index contributed by atoms with van der Waals surface area (Å²) in [6.07, 6.45) is 1.70. The van der Waals surface area contributed by atoms with Gasteiger partial charge in [-0.25, -0.2) is 4.99 Å². The first-order valence-corrected chi connectivity index (χ1v) is 10.6. The fourth-order valence-corrected chi connectivity index (χ4v) is 4.08. The number of allylic oxidation sites excluding steroid dienone is 1. The normalized spacial score (nSPS) is 13.8. The second-order valence-corrected chi connectivity index (χ2v) is 7.86. The first-order valence-electron chi connectivity index (χ1n) is 10.2. The summed E-state index contributed by atoms with van der Waals surface area (Å²) >= 11 is 5.33. The number of nitrogens with zero attached hydrogens (tertiary/aromatic N) is 2. The monoisotopic (exact) mass is 437 g/mol. The molecular weight excluding hydrogens is 418 g/mol. The van der Waals surface area contributed by atoms with Crippen molar-refractivity contribution < 1.29 is 5.11 Å². The molecule has 5 nitrogen and oxygen atoms in total. The zero-order chi connectivity index (χ0) is 22.1. The number of aromatic amines is 1. The van der Waals surface area contributed by atoms with Gasteiger partial charge >= 0.3 is 0 Å². The van der Waals surface area contributed by atoms with E-state index in [-0.39, 0.29) is 16.2 Å². The van der Waals surface area contributed by atoms with Crippen LogP contribution in [0, 0.1) is 4.77 Å². The van der Waals surface area contributed by atoms with Crippen LogP contribution in [0.2, 0.25) is 0 Å². The Morgan fingerprint density at radius 2 is 1.59 bits per heavy atom. The number of benzene rings is 3. The number of rotatable bonds is 4. The van der Waals surface area contributed by atoms with Crippen molar-refractivity contribution in [2.24, 2.45) is 4.99 Å². The molecule has 0 spiro atoms. The number of aliphatic imine (C=N–C) groups is 1. The zero-order valence-electron chi connectivity index (χ0n) is 17.0. The van der Waals surface area contributed by atoms with E-state index in [4.69, 9.17) is 17.2 Å². The fourth-order valence-electron chi connectivity index (χ4n) is 3.83. The molecule has 0 unspecified atom stereocenters. The minimum absolute atomic E-state index is 0.143. The molecule has 156 valence electrons. The first kappa shape index (κ1) is 19.9. The van der Waals surface area contributed by atoms with Crippen LogP contribution in [0.1, 0.15) is 22.3 Å². The smallest absolute Gasteiger partial charge is 0.262 e. The molecule has 5 rings (SSSR count). The van der Waals surface area contributed by atoms with E-state index in [0.29, 0.717) is 6.54 Å². The highest BCUT2D eigenvalue weighted by atomic mass is 32.1. The number of fused-ring (bicyclic) bond motifs is 1. The topological polar surface area (TPSA) is 70.4 Å². The second-order valence-electron chi connectivity index (χ2n) is 7.47. The van der Waals surface area contributed by atoms with Gasteiger partial charge in [0, 0.05) is 16.7 Å². The molecule has 0 fully saturated rings. The zero-order valence-corrected chi connectivity index (χ0v) is 17.8. The number of H-pyrrole nitrogens is 1. The van der Waals surface area contributed by atoms with Crippen LogP contribution in [0.3, 0.4) is 0 Å². The van der Waals surface area contributed by atoms with E-state index in [1.807, 2.05) is 84.9 Å². The minimum Gasteiger partial charge on any atom is -0.494 e. The summed E-state index contributed by atoms with van der Waals surface area (Å²) in [5.41, 5.74) is 4.85. The molecule has 2 heterocycles. The van der Waals surface area contributed by atoms with Gasteiger partial charge in [-0.15, -0.1) is 0 Å². The Labute approximate surface area is 189 Å². The highest BCUT2D eigenvalue weighted by Gasteiger charge is 2.23. The summed E-state index contributed by atoms with van der Waals surface area (Å²) in [6, 6.07) is 27.2. The van der Waals surface area contributed by atoms with E-state index in [1.54, 1.807) is 6.08 Å². The van der Waals surface area contributed by atoms with E-state index >= 15 is 0 Å². The molecule has 1 aliphatic heterocycles. The maximum Gasteiger partial charge on any atom is 0.262 e. The van der Waals surface area contributed by atoms with Gasteiger partial charge in [-0.05, 0) is 29.9 Å². The Bertz CT molecular complexity index is 1480. The van der Waals surface area contributed by atoms with Crippen molar-refractivity contribution in [3.05, 3.63) is 122 Å². The Hall–Kier alpha value is -4.03. The highest BCUT2D eigenvalue weighted by Crippen LogP contribution is 2.38. The largest absolute Gasteiger partial charge is 0.494 e. The van der Waals surface area contributed by atoms with Crippen LogP contribution >= 0.6 is 12.2 Å². The van der Waals surface area contributed by atoms with Crippen LogP contribution < -0.4 is 5.56 Å². The van der Waals surface area contributed by atoms with Gasteiger partial charge in [0.05, 0.1) is 17.9 Å². The van der Waals surface area contributed by atoms with Gasteiger partial charge in [0.1, 0.15) is 5.56 Å². The predicted molar refractivity (Wildman–Crippen MR) is 130 cm³/mol. The van der Waals surface area contributed by atoms with Gasteiger partial charge in [-0.3, -0.25) is 14.3 Å². The first-order chi connectivity index (χ1) is 15.6. The molecule has 0 amide bonds. The molecule has 1 aromatic heterocycles. The highest BCUT2D eigenvalue weighted by molar-refractivity contribution is 7.71. The lowest BCUT2D eigenvalue weighted by molar-refractivity contribution is 0.411. The third-order valence-electron chi connectivity index (χ3n) is 5.41. The van der Waals surface area contributed by atoms with E-state index in [9.17, 15) is 9.90 Å². The number of hydrogen-bond acceptors (Lipinski definition) is 4. The number of para-hydroxylation sites is 1. The van der Waals surface area contributed by atoms with Gasteiger partial charge in [0.25, 0.3) is 5.56 Å². The summed E-state index contributed by atoms with van der Waals surface area (Å²) in [7, 11) is 0. The van der Waals surface area contributed by atoms with Crippen molar-refractivity contribution in [3.63, 3.8) is 0 Å². The Kier molecular flexibility index (Phi) is 5.13. The molecule has 6 heteroatoms. The lowest BCUT2D eigenvalue weighted by Crippen LogP contribution is -2.17. The van der Waals surface area contributed by atoms with Gasteiger partial charge in [0.2, 0.25) is 5.88 Å². The van der Waals surface area contributed by atoms with Crippen molar-refractivity contribution in [1.82, 2.24) is 9.55 Å². The SMILES string of the molecule is O=c1[nH]c(=S)n(Cc2ccccc2)c(O)c1/C=C1\C(c2ccccc2)=Nc2ccccc21. The van der Waals surface area contributed by atoms with Gasteiger partial charge in [0.15, 0.2) is 4.77 Å². The Balaban J connectivity index is 1.68. The van der Waals surface area contributed by atoms with E-state index in [1.165, 1.54) is 4.57 Å². The summed E-state index contributed by atoms with van der Waals surface area (Å²) in [4.78, 5) is 20.3. The van der Waals surface area contributed by atoms with Gasteiger partial charge in [-0.2, -0.15) is 0 Å². The predicted octanol–water partition coefficient (Wildman–Crippen LogP) is 5.33. The van der Waals surface area contributed by atoms with Crippen LogP contribution in [-0.4, -0.2) is 20.4 Å². The third kappa shape index (κ3) is 3.61. The number of aromatic hydroxyl groups is 1. The van der Waals surface area contributed by atoms with Crippen LogP contribution in [-0.2, 0) is 6.54 Å². The second kappa shape index (κ2) is 8.24. The third-order valence-corrected chi connectivity index (χ3v) is 5.73. The number of nitrogens with one attached hydrogen (secondary N) is 1. The van der Waals surface area contributed by atoms with Crippen LogP contribution in [0.4, 0.5) is 5.69 Å². The summed E-state index contributed by atoms with van der Waals surface area (Å²) < 4.78 is 1.70. The molecule has 4 aromatic rings. The van der Waals surface area contributed by atoms with Crippen molar-refractivity contribution >= 4 is 35.3 Å². The van der Waals surface area contributed by atoms with Crippen molar-refractivity contribution in [1.29, 1.82) is 0 Å². The molecule has 0 saturated heterocycles. The Morgan fingerprint density at radius 1 is 0.938 bits per heavy atom. The van der Waals surface area contributed by atoms with Crippen molar-refractivity contribution in [2.45, 2.75) is 6.54 Å². The molecule has 32 heavy (non-hydrogen) atoms. The summed E-state index contributed by atoms with van der Waals surface area (Å²) in [6.45, 7) is 0.342. The lowest BCUT2D eigenvalue weighted by Gasteiger charge is -2.12. The summed E-state index contributed by atoms with van der Waals surface area (Å²) in [5.74, 6) is -0.174. The molecule has 0 saturated carbocycles. The summed E-state index contributed by atoms with van der Waals surface area (Å²) in [5, 5.41) is 11.1. The number of hydrogen-bond donors (Lipinski definition) is 2. The average molecular weight is 438 g/mol. The van der Waals surface area contributed by atoms with E-state index in [2.05, 4.69) is 4.98 Å². The van der Waals surface area contributed by atoms with E-state index in [0.717, 1.165) is 33.7 Å². The van der Waals surface area contributed by atoms with Crippen LogP contribution in [0.15, 0.2) is 94.7 Å². The minimum atomic E-state index is -0.443. The average Bonchev–Trinajstić information content (AvgIpc) is 3.19. The Morgan fingerprint density at radius 3 is 2.34 bits per heavy atom. The maximum atomic E-state index is 12.8. The standard InChI is InChI=1S/C26H19N3O2S/c30-24-21(25(31)29(26(32)28-24)16-17-9-3-1-4-10-17)15-20-19-13-7-8-14-22(19)27-23(20)18-11-5-2-6-12-18/h1-15,31H,16H2,(H,28,30,32)/b20-15-. The molecule has 3 aromatic carbocycles. The van der Waals surface area contributed by atoms with E-state index < -0.39 is 5.56 Å². The number of aromatic nitrogens is 2.